The van der Waals surface area contributed by atoms with Gasteiger partial charge in [-0.05, 0) is 26.0 Å². The molecule has 0 amide bonds. The van der Waals surface area contributed by atoms with Crippen molar-refractivity contribution in [1.82, 2.24) is 13.7 Å². The first-order chi connectivity index (χ1) is 8.31. The van der Waals surface area contributed by atoms with Crippen LogP contribution in [0.1, 0.15) is 13.8 Å². The van der Waals surface area contributed by atoms with Gasteiger partial charge in [-0.3, -0.25) is 4.98 Å². The summed E-state index contributed by atoms with van der Waals surface area (Å²) in [5.74, 6) is 0.490. The third kappa shape index (κ3) is 2.98. The highest BCUT2D eigenvalue weighted by Crippen LogP contribution is 2.27. The maximum atomic E-state index is 5.57. The lowest BCUT2D eigenvalue weighted by Gasteiger charge is -2.12. The lowest BCUT2D eigenvalue weighted by molar-refractivity contribution is -0.0629. The van der Waals surface area contributed by atoms with Crippen LogP contribution in [0.2, 0.25) is 0 Å². The Bertz CT molecular complexity index is 461. The van der Waals surface area contributed by atoms with E-state index in [1.54, 1.807) is 12.4 Å². The summed E-state index contributed by atoms with van der Waals surface area (Å²) in [4.78, 5) is 4.05. The van der Waals surface area contributed by atoms with Crippen LogP contribution in [0, 0.1) is 0 Å². The van der Waals surface area contributed by atoms with E-state index >= 15 is 0 Å². The molecule has 0 spiro atoms. The Morgan fingerprint density at radius 2 is 2.29 bits per heavy atom. The average molecular weight is 251 g/mol. The van der Waals surface area contributed by atoms with Crippen LogP contribution in [0.5, 0.6) is 5.88 Å². The molecule has 2 aromatic heterocycles. The summed E-state index contributed by atoms with van der Waals surface area (Å²) in [5, 5.41) is 0. The molecule has 0 aliphatic heterocycles. The highest BCUT2D eigenvalue weighted by molar-refractivity contribution is 6.99. The molecule has 1 unspecified atom stereocenters. The molecule has 0 N–H and O–H groups in total. The molecule has 0 aromatic carbocycles. The van der Waals surface area contributed by atoms with Crippen molar-refractivity contribution < 1.29 is 9.47 Å². The molecular weight excluding hydrogens is 238 g/mol. The summed E-state index contributed by atoms with van der Waals surface area (Å²) in [6.45, 7) is 4.35. The first-order valence-electron chi connectivity index (χ1n) is 5.32. The predicted octanol–water partition coefficient (Wildman–Crippen LogP) is 2.36. The average Bonchev–Trinajstić information content (AvgIpc) is 2.78. The fourth-order valence-electron chi connectivity index (χ4n) is 1.36. The number of aromatic nitrogens is 3. The third-order valence-corrected chi connectivity index (χ3v) is 2.58. The Morgan fingerprint density at radius 3 is 3.00 bits per heavy atom. The summed E-state index contributed by atoms with van der Waals surface area (Å²) < 4.78 is 19.2. The quantitative estimate of drug-likeness (QED) is 0.763. The van der Waals surface area contributed by atoms with Crippen LogP contribution >= 0.6 is 11.7 Å². The summed E-state index contributed by atoms with van der Waals surface area (Å²) in [7, 11) is 0. The Hall–Kier alpha value is -1.53. The smallest absolute Gasteiger partial charge is 0.256 e. The molecule has 0 aliphatic carbocycles. The van der Waals surface area contributed by atoms with Crippen molar-refractivity contribution in [3.05, 3.63) is 24.5 Å². The van der Waals surface area contributed by atoms with Crippen LogP contribution in [0.3, 0.4) is 0 Å². The Morgan fingerprint density at radius 1 is 1.41 bits per heavy atom. The van der Waals surface area contributed by atoms with E-state index in [2.05, 4.69) is 13.7 Å². The van der Waals surface area contributed by atoms with Crippen molar-refractivity contribution >= 4 is 11.7 Å². The van der Waals surface area contributed by atoms with Gasteiger partial charge in [0.2, 0.25) is 0 Å². The number of nitrogens with zero attached hydrogens (tertiary/aromatic N) is 3. The zero-order chi connectivity index (χ0) is 12.1. The van der Waals surface area contributed by atoms with E-state index in [1.807, 2.05) is 26.0 Å². The van der Waals surface area contributed by atoms with Gasteiger partial charge in [-0.2, -0.15) is 4.37 Å². The van der Waals surface area contributed by atoms with Crippen LogP contribution in [0.4, 0.5) is 0 Å². The van der Waals surface area contributed by atoms with Gasteiger partial charge >= 0.3 is 0 Å². The van der Waals surface area contributed by atoms with Gasteiger partial charge in [0.1, 0.15) is 5.69 Å². The minimum atomic E-state index is -0.334. The molecule has 5 nitrogen and oxygen atoms in total. The van der Waals surface area contributed by atoms with Gasteiger partial charge in [-0.25, -0.2) is 0 Å². The van der Waals surface area contributed by atoms with Gasteiger partial charge in [-0.15, -0.1) is 4.37 Å². The second-order valence-corrected chi connectivity index (χ2v) is 3.83. The van der Waals surface area contributed by atoms with Gasteiger partial charge in [-0.1, -0.05) is 0 Å². The number of hydrogen-bond acceptors (Lipinski definition) is 6. The highest BCUT2D eigenvalue weighted by Gasteiger charge is 2.14. The lowest BCUT2D eigenvalue weighted by Crippen LogP contribution is -2.16. The molecule has 0 bridgehead atoms. The molecular formula is C11H13N3O2S. The van der Waals surface area contributed by atoms with Crippen molar-refractivity contribution in [1.29, 1.82) is 0 Å². The first kappa shape index (κ1) is 11.9. The van der Waals surface area contributed by atoms with Crippen LogP contribution in [-0.2, 0) is 4.74 Å². The molecule has 0 radical (unpaired) electrons. The fourth-order valence-corrected chi connectivity index (χ4v) is 1.87. The summed E-state index contributed by atoms with van der Waals surface area (Å²) >= 11 is 1.11. The zero-order valence-corrected chi connectivity index (χ0v) is 10.5. The van der Waals surface area contributed by atoms with Gasteiger partial charge < -0.3 is 9.47 Å². The van der Waals surface area contributed by atoms with Crippen LogP contribution < -0.4 is 4.74 Å². The number of rotatable bonds is 5. The molecule has 0 saturated heterocycles. The molecule has 0 aliphatic rings. The minimum absolute atomic E-state index is 0.334. The van der Waals surface area contributed by atoms with Gasteiger partial charge in [0, 0.05) is 24.6 Å². The highest BCUT2D eigenvalue weighted by atomic mass is 32.1. The summed E-state index contributed by atoms with van der Waals surface area (Å²) in [6, 6.07) is 3.77. The van der Waals surface area contributed by atoms with Crippen molar-refractivity contribution in [3.63, 3.8) is 0 Å². The predicted molar refractivity (Wildman–Crippen MR) is 64.9 cm³/mol. The van der Waals surface area contributed by atoms with E-state index < -0.39 is 0 Å². The summed E-state index contributed by atoms with van der Waals surface area (Å²) in [6.07, 6.45) is 3.11. The second kappa shape index (κ2) is 5.70. The van der Waals surface area contributed by atoms with Gasteiger partial charge in [0.05, 0.1) is 11.7 Å². The topological polar surface area (TPSA) is 57.1 Å². The first-order valence-corrected chi connectivity index (χ1v) is 6.05. The van der Waals surface area contributed by atoms with Gasteiger partial charge in [0.25, 0.3) is 5.88 Å². The fraction of sp³-hybridized carbons (Fsp3) is 0.364. The van der Waals surface area contributed by atoms with E-state index in [4.69, 9.17) is 9.47 Å². The molecule has 0 fully saturated rings. The van der Waals surface area contributed by atoms with Crippen molar-refractivity contribution in [2.75, 3.05) is 6.61 Å². The number of ether oxygens (including phenoxy) is 2. The molecule has 1 atom stereocenters. The van der Waals surface area contributed by atoms with E-state index in [-0.39, 0.29) is 6.29 Å². The maximum Gasteiger partial charge on any atom is 0.256 e. The Balaban J connectivity index is 2.18. The summed E-state index contributed by atoms with van der Waals surface area (Å²) in [5.41, 5.74) is 1.59. The van der Waals surface area contributed by atoms with Crippen molar-refractivity contribution in [2.24, 2.45) is 0 Å². The SMILES string of the molecule is CCOC(C)Oc1nsnc1-c1cccnc1. The van der Waals surface area contributed by atoms with Crippen molar-refractivity contribution in [2.45, 2.75) is 20.1 Å². The van der Waals surface area contributed by atoms with Crippen molar-refractivity contribution in [3.8, 4) is 17.1 Å². The molecule has 2 rings (SSSR count). The van der Waals surface area contributed by atoms with Crippen LogP contribution in [0.15, 0.2) is 24.5 Å². The minimum Gasteiger partial charge on any atom is -0.446 e. The standard InChI is InChI=1S/C11H13N3O2S/c1-3-15-8(2)16-11-10(13-17-14-11)9-5-4-6-12-7-9/h4-8H,3H2,1-2H3. The van der Waals surface area contributed by atoms with Crippen LogP contribution in [-0.4, -0.2) is 26.6 Å². The largest absolute Gasteiger partial charge is 0.446 e. The van der Waals surface area contributed by atoms with E-state index in [0.29, 0.717) is 18.2 Å². The number of pyridine rings is 1. The monoisotopic (exact) mass is 251 g/mol. The second-order valence-electron chi connectivity index (χ2n) is 3.30. The molecule has 6 heteroatoms. The molecule has 2 aromatic rings. The molecule has 90 valence electrons. The molecule has 0 saturated carbocycles. The molecule has 17 heavy (non-hydrogen) atoms. The zero-order valence-electron chi connectivity index (χ0n) is 9.66. The van der Waals surface area contributed by atoms with Gasteiger partial charge in [0.15, 0.2) is 6.29 Å². The molecule has 2 heterocycles. The third-order valence-electron chi connectivity index (χ3n) is 2.07. The maximum absolute atomic E-state index is 5.57. The van der Waals surface area contributed by atoms with E-state index in [0.717, 1.165) is 17.3 Å². The lowest BCUT2D eigenvalue weighted by atomic mass is 10.2. The Labute approximate surface area is 104 Å². The van der Waals surface area contributed by atoms with E-state index in [9.17, 15) is 0 Å². The Kier molecular flexibility index (Phi) is 4.00. The van der Waals surface area contributed by atoms with E-state index in [1.165, 1.54) is 0 Å². The number of hydrogen-bond donors (Lipinski definition) is 0. The normalized spacial score (nSPS) is 12.4. The van der Waals surface area contributed by atoms with Crippen LogP contribution in [0.25, 0.3) is 11.3 Å².